The number of phenols is 1. The Hall–Kier alpha value is -1.07. The summed E-state index contributed by atoms with van der Waals surface area (Å²) in [6.07, 6.45) is 2.19. The maximum Gasteiger partial charge on any atom is 0.211 e. The van der Waals surface area contributed by atoms with Gasteiger partial charge in [0.25, 0.3) is 0 Å². The first-order valence-electron chi connectivity index (χ1n) is 5.79. The molecular formula is C12H19NO3S. The van der Waals surface area contributed by atoms with Crippen molar-refractivity contribution >= 4 is 10.0 Å². The van der Waals surface area contributed by atoms with Gasteiger partial charge in [-0.05, 0) is 30.5 Å². The van der Waals surface area contributed by atoms with Gasteiger partial charge < -0.3 is 5.11 Å². The molecule has 0 unspecified atom stereocenters. The topological polar surface area (TPSA) is 66.4 Å². The minimum Gasteiger partial charge on any atom is -0.508 e. The van der Waals surface area contributed by atoms with Crippen LogP contribution in [0.4, 0.5) is 0 Å². The third-order valence-electron chi connectivity index (χ3n) is 2.44. The molecule has 0 amide bonds. The molecule has 0 radical (unpaired) electrons. The van der Waals surface area contributed by atoms with Gasteiger partial charge in [0.1, 0.15) is 5.75 Å². The van der Waals surface area contributed by atoms with Gasteiger partial charge in [-0.2, -0.15) is 0 Å². The number of hydrogen-bond donors (Lipinski definition) is 2. The summed E-state index contributed by atoms with van der Waals surface area (Å²) in [4.78, 5) is 0. The lowest BCUT2D eigenvalue weighted by atomic mass is 10.1. The van der Waals surface area contributed by atoms with Crippen LogP contribution in [-0.4, -0.2) is 25.8 Å². The standard InChI is InChI=1S/C12H19NO3S/c1-2-3-10-17(15,16)13-9-8-11-4-6-12(14)7-5-11/h4-7,13-14H,2-3,8-10H2,1H3. The molecule has 0 heterocycles. The Bertz CT molecular complexity index is 426. The maximum atomic E-state index is 11.5. The van der Waals surface area contributed by atoms with E-state index in [1.54, 1.807) is 24.3 Å². The summed E-state index contributed by atoms with van der Waals surface area (Å²) >= 11 is 0. The van der Waals surface area contributed by atoms with E-state index in [0.29, 0.717) is 19.4 Å². The molecular weight excluding hydrogens is 238 g/mol. The molecule has 96 valence electrons. The van der Waals surface area contributed by atoms with E-state index in [2.05, 4.69) is 4.72 Å². The highest BCUT2D eigenvalue weighted by Crippen LogP contribution is 2.09. The smallest absolute Gasteiger partial charge is 0.211 e. The fourth-order valence-electron chi connectivity index (χ4n) is 1.42. The second-order valence-electron chi connectivity index (χ2n) is 3.98. The van der Waals surface area contributed by atoms with Crippen molar-refractivity contribution in [1.82, 2.24) is 4.72 Å². The average Bonchev–Trinajstić information content (AvgIpc) is 2.29. The number of rotatable bonds is 7. The van der Waals surface area contributed by atoms with E-state index in [4.69, 9.17) is 5.11 Å². The van der Waals surface area contributed by atoms with E-state index in [-0.39, 0.29) is 11.5 Å². The molecule has 1 aromatic rings. The summed E-state index contributed by atoms with van der Waals surface area (Å²) in [5.74, 6) is 0.413. The molecule has 0 bridgehead atoms. The largest absolute Gasteiger partial charge is 0.508 e. The van der Waals surface area contributed by atoms with Crippen LogP contribution < -0.4 is 4.72 Å². The lowest BCUT2D eigenvalue weighted by molar-refractivity contribution is 0.475. The molecule has 2 N–H and O–H groups in total. The minimum atomic E-state index is -3.12. The predicted molar refractivity (Wildman–Crippen MR) is 68.5 cm³/mol. The molecule has 0 atom stereocenters. The number of benzene rings is 1. The first kappa shape index (κ1) is 14.0. The van der Waals surface area contributed by atoms with Crippen molar-refractivity contribution < 1.29 is 13.5 Å². The second kappa shape index (κ2) is 6.61. The Morgan fingerprint density at radius 3 is 2.47 bits per heavy atom. The lowest BCUT2D eigenvalue weighted by Gasteiger charge is -2.06. The van der Waals surface area contributed by atoms with Gasteiger partial charge in [0, 0.05) is 6.54 Å². The molecule has 1 aromatic carbocycles. The highest BCUT2D eigenvalue weighted by atomic mass is 32.2. The molecule has 1 rings (SSSR count). The highest BCUT2D eigenvalue weighted by molar-refractivity contribution is 7.89. The molecule has 0 fully saturated rings. The Balaban J connectivity index is 2.34. The van der Waals surface area contributed by atoms with E-state index in [1.165, 1.54) is 0 Å². The molecule has 0 aliphatic heterocycles. The van der Waals surface area contributed by atoms with Gasteiger partial charge in [0.2, 0.25) is 10.0 Å². The van der Waals surface area contributed by atoms with Crippen molar-refractivity contribution in [3.63, 3.8) is 0 Å². The summed E-state index contributed by atoms with van der Waals surface area (Å²) < 4.78 is 25.5. The third kappa shape index (κ3) is 5.70. The minimum absolute atomic E-state index is 0.194. The normalized spacial score (nSPS) is 11.6. The van der Waals surface area contributed by atoms with Gasteiger partial charge in [-0.3, -0.25) is 0 Å². The summed E-state index contributed by atoms with van der Waals surface area (Å²) in [7, 11) is -3.12. The van der Waals surface area contributed by atoms with Crippen molar-refractivity contribution in [2.45, 2.75) is 26.2 Å². The van der Waals surface area contributed by atoms with Crippen LogP contribution in [0, 0.1) is 0 Å². The molecule has 0 aliphatic carbocycles. The number of hydrogen-bond acceptors (Lipinski definition) is 3. The van der Waals surface area contributed by atoms with E-state index in [0.717, 1.165) is 12.0 Å². The Morgan fingerprint density at radius 2 is 1.88 bits per heavy atom. The molecule has 5 heteroatoms. The molecule has 0 saturated heterocycles. The van der Waals surface area contributed by atoms with Crippen LogP contribution >= 0.6 is 0 Å². The fourth-order valence-corrected chi connectivity index (χ4v) is 2.65. The van der Waals surface area contributed by atoms with Crippen LogP contribution in [0.5, 0.6) is 5.75 Å². The van der Waals surface area contributed by atoms with E-state index in [9.17, 15) is 8.42 Å². The summed E-state index contributed by atoms with van der Waals surface area (Å²) in [6.45, 7) is 2.36. The predicted octanol–water partition coefficient (Wildman–Crippen LogP) is 1.65. The van der Waals surface area contributed by atoms with Gasteiger partial charge in [-0.1, -0.05) is 25.5 Å². The monoisotopic (exact) mass is 257 g/mol. The molecule has 17 heavy (non-hydrogen) atoms. The zero-order valence-electron chi connectivity index (χ0n) is 10.0. The molecule has 4 nitrogen and oxygen atoms in total. The van der Waals surface area contributed by atoms with Crippen LogP contribution in [0.15, 0.2) is 24.3 Å². The Labute approximate surface area is 103 Å². The van der Waals surface area contributed by atoms with Crippen molar-refractivity contribution in [2.75, 3.05) is 12.3 Å². The number of aromatic hydroxyl groups is 1. The first-order chi connectivity index (χ1) is 8.03. The summed E-state index contributed by atoms with van der Waals surface area (Å²) in [5, 5.41) is 9.10. The van der Waals surface area contributed by atoms with Crippen LogP contribution in [0.3, 0.4) is 0 Å². The lowest BCUT2D eigenvalue weighted by Crippen LogP contribution is -2.28. The Kier molecular flexibility index (Phi) is 5.44. The van der Waals surface area contributed by atoms with Crippen molar-refractivity contribution in [1.29, 1.82) is 0 Å². The molecule has 0 aliphatic rings. The number of phenolic OH excluding ortho intramolecular Hbond substituents is 1. The van der Waals surface area contributed by atoms with Crippen LogP contribution in [0.2, 0.25) is 0 Å². The van der Waals surface area contributed by atoms with Gasteiger partial charge in [-0.15, -0.1) is 0 Å². The second-order valence-corrected chi connectivity index (χ2v) is 5.91. The fraction of sp³-hybridized carbons (Fsp3) is 0.500. The van der Waals surface area contributed by atoms with Crippen LogP contribution in [-0.2, 0) is 16.4 Å². The van der Waals surface area contributed by atoms with E-state index < -0.39 is 10.0 Å². The quantitative estimate of drug-likeness (QED) is 0.780. The summed E-state index contributed by atoms with van der Waals surface area (Å²) in [5.41, 5.74) is 1.00. The molecule has 0 saturated carbocycles. The SMILES string of the molecule is CCCCS(=O)(=O)NCCc1ccc(O)cc1. The van der Waals surface area contributed by atoms with Crippen LogP contribution in [0.25, 0.3) is 0 Å². The third-order valence-corrected chi connectivity index (χ3v) is 3.91. The zero-order chi connectivity index (χ0) is 12.7. The number of unbranched alkanes of at least 4 members (excludes halogenated alkanes) is 1. The number of sulfonamides is 1. The van der Waals surface area contributed by atoms with Crippen LogP contribution in [0.1, 0.15) is 25.3 Å². The summed E-state index contributed by atoms with van der Waals surface area (Å²) in [6, 6.07) is 6.77. The average molecular weight is 257 g/mol. The maximum absolute atomic E-state index is 11.5. The number of nitrogens with one attached hydrogen (secondary N) is 1. The molecule has 0 aromatic heterocycles. The molecule has 0 spiro atoms. The van der Waals surface area contributed by atoms with Gasteiger partial charge >= 0.3 is 0 Å². The highest BCUT2D eigenvalue weighted by Gasteiger charge is 2.07. The van der Waals surface area contributed by atoms with Gasteiger partial charge in [0.05, 0.1) is 5.75 Å². The van der Waals surface area contributed by atoms with E-state index in [1.807, 2.05) is 6.92 Å². The zero-order valence-corrected chi connectivity index (χ0v) is 10.8. The first-order valence-corrected chi connectivity index (χ1v) is 7.44. The van der Waals surface area contributed by atoms with Crippen molar-refractivity contribution in [3.05, 3.63) is 29.8 Å². The van der Waals surface area contributed by atoms with E-state index >= 15 is 0 Å². The van der Waals surface area contributed by atoms with Gasteiger partial charge in [-0.25, -0.2) is 13.1 Å². The van der Waals surface area contributed by atoms with Crippen molar-refractivity contribution in [3.8, 4) is 5.75 Å². The van der Waals surface area contributed by atoms with Crippen molar-refractivity contribution in [2.24, 2.45) is 0 Å². The Morgan fingerprint density at radius 1 is 1.24 bits per heavy atom. The van der Waals surface area contributed by atoms with Gasteiger partial charge in [0.15, 0.2) is 0 Å².